The molecule has 1 aromatic heterocycles. The highest BCUT2D eigenvalue weighted by molar-refractivity contribution is 7.92. The molecule has 0 saturated heterocycles. The monoisotopic (exact) mass is 449 g/mol. The van der Waals surface area contributed by atoms with Gasteiger partial charge in [-0.25, -0.2) is 18.1 Å². The fourth-order valence-electron chi connectivity index (χ4n) is 2.51. The van der Waals surface area contributed by atoms with Gasteiger partial charge in [0.25, 0.3) is 15.9 Å². The van der Waals surface area contributed by atoms with E-state index in [4.69, 9.17) is 16.3 Å². The Hall–Kier alpha value is -3.11. The normalized spacial score (nSPS) is 11.4. The van der Waals surface area contributed by atoms with Crippen LogP contribution in [0.15, 0.2) is 53.7 Å². The number of nitrogens with zero attached hydrogens (tertiary/aromatic N) is 3. The molecule has 0 fully saturated rings. The number of hydrogen-bond donors (Lipinski definition) is 2. The lowest BCUT2D eigenvalue weighted by atomic mass is 10.3. The number of anilines is 2. The van der Waals surface area contributed by atoms with Crippen LogP contribution in [0.4, 0.5) is 11.4 Å². The summed E-state index contributed by atoms with van der Waals surface area (Å²) in [6, 6.07) is 10.5. The molecule has 3 rings (SSSR count). The van der Waals surface area contributed by atoms with Crippen molar-refractivity contribution in [2.75, 3.05) is 17.1 Å². The Morgan fingerprint density at radius 2 is 1.80 bits per heavy atom. The number of carbonyl (C=O) groups is 1. The van der Waals surface area contributed by atoms with Gasteiger partial charge in [-0.1, -0.05) is 11.6 Å². The fraction of sp³-hybridized carbons (Fsp3) is 0.211. The summed E-state index contributed by atoms with van der Waals surface area (Å²) in [5, 5.41) is 7.18. The summed E-state index contributed by atoms with van der Waals surface area (Å²) in [4.78, 5) is 16.3. The number of carbonyl (C=O) groups excluding carboxylic acids is 1. The second-order valence-electron chi connectivity index (χ2n) is 6.57. The maximum atomic E-state index is 12.9. The fourth-order valence-corrected chi connectivity index (χ4v) is 3.89. The molecule has 3 aromatic rings. The van der Waals surface area contributed by atoms with E-state index in [-0.39, 0.29) is 28.2 Å². The van der Waals surface area contributed by atoms with Gasteiger partial charge in [-0.3, -0.25) is 9.52 Å². The molecular formula is C19H20ClN5O4S. The van der Waals surface area contributed by atoms with Crippen LogP contribution >= 0.6 is 11.6 Å². The van der Waals surface area contributed by atoms with Crippen LogP contribution in [0, 0.1) is 0 Å². The van der Waals surface area contributed by atoms with E-state index in [9.17, 15) is 13.2 Å². The lowest BCUT2D eigenvalue weighted by Crippen LogP contribution is -2.17. The molecule has 0 radical (unpaired) electrons. The van der Waals surface area contributed by atoms with Gasteiger partial charge in [0, 0.05) is 22.4 Å². The number of amides is 1. The quantitative estimate of drug-likeness (QED) is 0.569. The molecule has 0 aliphatic heterocycles. The third kappa shape index (κ3) is 4.89. The van der Waals surface area contributed by atoms with Crippen molar-refractivity contribution in [1.82, 2.24) is 14.8 Å². The zero-order chi connectivity index (χ0) is 21.9. The molecule has 158 valence electrons. The zero-order valence-electron chi connectivity index (χ0n) is 16.5. The van der Waals surface area contributed by atoms with Crippen LogP contribution in [0.2, 0.25) is 5.02 Å². The van der Waals surface area contributed by atoms with Crippen molar-refractivity contribution in [1.29, 1.82) is 0 Å². The molecule has 0 aliphatic carbocycles. The maximum absolute atomic E-state index is 12.9. The minimum Gasteiger partial charge on any atom is -0.495 e. The first-order chi connectivity index (χ1) is 14.2. The molecule has 9 nitrogen and oxygen atoms in total. The van der Waals surface area contributed by atoms with Gasteiger partial charge in [-0.15, -0.1) is 5.10 Å². The van der Waals surface area contributed by atoms with Gasteiger partial charge in [0.05, 0.1) is 7.11 Å². The molecule has 0 spiro atoms. The maximum Gasteiger partial charge on any atom is 0.295 e. The van der Waals surface area contributed by atoms with E-state index in [1.165, 1.54) is 43.8 Å². The number of rotatable bonds is 7. The summed E-state index contributed by atoms with van der Waals surface area (Å²) in [7, 11) is -2.65. The van der Waals surface area contributed by atoms with Crippen LogP contribution < -0.4 is 14.8 Å². The Kier molecular flexibility index (Phi) is 6.28. The van der Waals surface area contributed by atoms with E-state index in [0.29, 0.717) is 10.7 Å². The van der Waals surface area contributed by atoms with Crippen LogP contribution in [0.3, 0.4) is 0 Å². The Balaban J connectivity index is 1.87. The summed E-state index contributed by atoms with van der Waals surface area (Å²) in [5.41, 5.74) is 0.581. The summed E-state index contributed by atoms with van der Waals surface area (Å²) in [5.74, 6) is -0.464. The first-order valence-corrected chi connectivity index (χ1v) is 10.7. The van der Waals surface area contributed by atoms with Crippen molar-refractivity contribution in [2.24, 2.45) is 0 Å². The van der Waals surface area contributed by atoms with Crippen LogP contribution in [0.1, 0.15) is 30.5 Å². The summed E-state index contributed by atoms with van der Waals surface area (Å²) < 4.78 is 35.0. The van der Waals surface area contributed by atoms with Crippen molar-refractivity contribution >= 4 is 38.9 Å². The molecule has 0 bridgehead atoms. The van der Waals surface area contributed by atoms with Crippen molar-refractivity contribution in [2.45, 2.75) is 24.8 Å². The molecule has 30 heavy (non-hydrogen) atoms. The van der Waals surface area contributed by atoms with Gasteiger partial charge in [0.1, 0.15) is 17.0 Å². The van der Waals surface area contributed by atoms with Crippen molar-refractivity contribution in [3.05, 3.63) is 59.6 Å². The Bertz CT molecular complexity index is 1160. The zero-order valence-corrected chi connectivity index (χ0v) is 18.0. The number of benzene rings is 2. The van der Waals surface area contributed by atoms with Crippen molar-refractivity contribution in [3.63, 3.8) is 0 Å². The van der Waals surface area contributed by atoms with Gasteiger partial charge in [0.15, 0.2) is 0 Å². The summed E-state index contributed by atoms with van der Waals surface area (Å²) >= 11 is 5.84. The van der Waals surface area contributed by atoms with Gasteiger partial charge in [0.2, 0.25) is 5.82 Å². The number of ether oxygens (including phenoxy) is 1. The molecule has 0 unspecified atom stereocenters. The summed E-state index contributed by atoms with van der Waals surface area (Å²) in [6.45, 7) is 3.81. The molecule has 0 aliphatic rings. The highest BCUT2D eigenvalue weighted by Gasteiger charge is 2.22. The summed E-state index contributed by atoms with van der Waals surface area (Å²) in [6.07, 6.45) is 1.46. The SMILES string of the molecule is COc1ccc(NC(=O)c2ncn(C(C)C)n2)cc1S(=O)(=O)Nc1ccc(Cl)cc1. The second-order valence-corrected chi connectivity index (χ2v) is 8.66. The number of halogens is 1. The highest BCUT2D eigenvalue weighted by atomic mass is 35.5. The minimum absolute atomic E-state index is 0.0248. The van der Waals surface area contributed by atoms with Gasteiger partial charge < -0.3 is 10.1 Å². The largest absolute Gasteiger partial charge is 0.495 e. The molecule has 1 heterocycles. The van der Waals surface area contributed by atoms with E-state index in [1.54, 1.807) is 16.8 Å². The van der Waals surface area contributed by atoms with E-state index in [2.05, 4.69) is 20.1 Å². The average Bonchev–Trinajstić information content (AvgIpc) is 3.20. The smallest absolute Gasteiger partial charge is 0.295 e. The second kappa shape index (κ2) is 8.72. The number of methoxy groups -OCH3 is 1. The number of sulfonamides is 1. The Morgan fingerprint density at radius 3 is 2.40 bits per heavy atom. The number of aromatic nitrogens is 3. The van der Waals surface area contributed by atoms with E-state index >= 15 is 0 Å². The lowest BCUT2D eigenvalue weighted by Gasteiger charge is -2.13. The van der Waals surface area contributed by atoms with Crippen LogP contribution in [-0.4, -0.2) is 36.2 Å². The molecule has 2 aromatic carbocycles. The van der Waals surface area contributed by atoms with Crippen LogP contribution in [0.5, 0.6) is 5.75 Å². The topological polar surface area (TPSA) is 115 Å². The van der Waals surface area contributed by atoms with E-state index in [1.807, 2.05) is 13.8 Å². The van der Waals surface area contributed by atoms with E-state index in [0.717, 1.165) is 0 Å². The predicted octanol–water partition coefficient (Wildman–Crippen LogP) is 3.57. The minimum atomic E-state index is -4.00. The number of nitrogens with one attached hydrogen (secondary N) is 2. The van der Waals surface area contributed by atoms with Crippen LogP contribution in [-0.2, 0) is 10.0 Å². The van der Waals surface area contributed by atoms with E-state index < -0.39 is 15.9 Å². The number of hydrogen-bond acceptors (Lipinski definition) is 6. The lowest BCUT2D eigenvalue weighted by molar-refractivity contribution is 0.101. The molecule has 11 heteroatoms. The molecule has 1 amide bonds. The Morgan fingerprint density at radius 1 is 1.13 bits per heavy atom. The predicted molar refractivity (Wildman–Crippen MR) is 114 cm³/mol. The first kappa shape index (κ1) is 21.6. The van der Waals surface area contributed by atoms with Crippen LogP contribution in [0.25, 0.3) is 0 Å². The third-order valence-corrected chi connectivity index (χ3v) is 5.70. The molecule has 0 saturated carbocycles. The third-order valence-electron chi connectivity index (χ3n) is 4.05. The van der Waals surface area contributed by atoms with Gasteiger partial charge in [-0.2, -0.15) is 0 Å². The highest BCUT2D eigenvalue weighted by Crippen LogP contribution is 2.29. The average molecular weight is 450 g/mol. The Labute approximate surface area is 179 Å². The van der Waals surface area contributed by atoms with Crippen molar-refractivity contribution < 1.29 is 17.9 Å². The molecular weight excluding hydrogens is 430 g/mol. The molecule has 0 atom stereocenters. The van der Waals surface area contributed by atoms with Crippen molar-refractivity contribution in [3.8, 4) is 5.75 Å². The van der Waals surface area contributed by atoms with Gasteiger partial charge in [-0.05, 0) is 56.3 Å². The standard InChI is InChI=1S/C19H20ClN5O4S/c1-12(2)25-11-21-18(23-25)19(26)22-15-8-9-16(29-3)17(10-15)30(27,28)24-14-6-4-13(20)5-7-14/h4-12,24H,1-3H3,(H,22,26). The molecule has 2 N–H and O–H groups in total. The van der Waals surface area contributed by atoms with Gasteiger partial charge >= 0.3 is 0 Å². The first-order valence-electron chi connectivity index (χ1n) is 8.88.